The van der Waals surface area contributed by atoms with E-state index in [1.807, 2.05) is 0 Å². The Kier molecular flexibility index (Phi) is 5.85. The number of nitrogens with one attached hydrogen (secondary N) is 1. The molecular formula is C16H30N2O2. The zero-order valence-electron chi connectivity index (χ0n) is 13.1. The highest BCUT2D eigenvalue weighted by Gasteiger charge is 2.43. The number of carbonyl (C=O) groups is 1. The van der Waals surface area contributed by atoms with Crippen LogP contribution in [-0.4, -0.2) is 50.7 Å². The Morgan fingerprint density at radius 3 is 2.80 bits per heavy atom. The minimum atomic E-state index is -0.270. The maximum absolute atomic E-state index is 13.0. The van der Waals surface area contributed by atoms with Gasteiger partial charge in [0.25, 0.3) is 0 Å². The van der Waals surface area contributed by atoms with Gasteiger partial charge in [-0.2, -0.15) is 0 Å². The first-order valence-electron chi connectivity index (χ1n) is 8.21. The number of hydrogen-bond acceptors (Lipinski definition) is 3. The minimum absolute atomic E-state index is 0.270. The van der Waals surface area contributed by atoms with Crippen LogP contribution in [-0.2, 0) is 9.53 Å². The van der Waals surface area contributed by atoms with Crippen LogP contribution in [0.5, 0.6) is 0 Å². The van der Waals surface area contributed by atoms with E-state index in [4.69, 9.17) is 4.74 Å². The van der Waals surface area contributed by atoms with E-state index in [1.165, 1.54) is 19.3 Å². The Morgan fingerprint density at radius 1 is 1.40 bits per heavy atom. The Morgan fingerprint density at radius 2 is 2.15 bits per heavy atom. The van der Waals surface area contributed by atoms with Crippen molar-refractivity contribution < 1.29 is 9.53 Å². The van der Waals surface area contributed by atoms with Crippen molar-refractivity contribution in [3.8, 4) is 0 Å². The van der Waals surface area contributed by atoms with E-state index in [2.05, 4.69) is 17.1 Å². The monoisotopic (exact) mass is 282 g/mol. The zero-order valence-corrected chi connectivity index (χ0v) is 13.1. The summed E-state index contributed by atoms with van der Waals surface area (Å²) in [4.78, 5) is 15.2. The van der Waals surface area contributed by atoms with Crippen LogP contribution in [0.15, 0.2) is 0 Å². The molecule has 116 valence electrons. The maximum Gasteiger partial charge on any atom is 0.231 e. The Labute approximate surface area is 123 Å². The highest BCUT2D eigenvalue weighted by molar-refractivity contribution is 5.83. The number of nitrogens with zero attached hydrogens (tertiary/aromatic N) is 1. The number of amides is 1. The molecule has 0 saturated carbocycles. The molecule has 4 nitrogen and oxygen atoms in total. The first-order valence-corrected chi connectivity index (χ1v) is 8.21. The fourth-order valence-corrected chi connectivity index (χ4v) is 3.83. The number of hydrogen-bond donors (Lipinski definition) is 1. The summed E-state index contributed by atoms with van der Waals surface area (Å²) < 4.78 is 5.40. The van der Waals surface area contributed by atoms with Gasteiger partial charge in [-0.3, -0.25) is 4.79 Å². The molecule has 0 aromatic carbocycles. The van der Waals surface area contributed by atoms with E-state index >= 15 is 0 Å². The summed E-state index contributed by atoms with van der Waals surface area (Å²) in [5.74, 6) is 1.06. The normalized spacial score (nSPS) is 26.5. The average molecular weight is 282 g/mol. The van der Waals surface area contributed by atoms with Crippen LogP contribution in [0.2, 0.25) is 0 Å². The van der Waals surface area contributed by atoms with Gasteiger partial charge in [0.2, 0.25) is 5.91 Å². The molecule has 0 bridgehead atoms. The van der Waals surface area contributed by atoms with E-state index in [-0.39, 0.29) is 5.41 Å². The summed E-state index contributed by atoms with van der Waals surface area (Å²) in [6, 6.07) is 0. The topological polar surface area (TPSA) is 41.6 Å². The van der Waals surface area contributed by atoms with Crippen LogP contribution in [0.1, 0.15) is 45.4 Å². The van der Waals surface area contributed by atoms with E-state index in [0.717, 1.165) is 45.4 Å². The third kappa shape index (κ3) is 3.53. The van der Waals surface area contributed by atoms with Crippen LogP contribution < -0.4 is 5.32 Å². The molecule has 2 saturated heterocycles. The molecule has 0 spiro atoms. The lowest BCUT2D eigenvalue weighted by Gasteiger charge is -2.42. The molecule has 0 aliphatic carbocycles. The van der Waals surface area contributed by atoms with Crippen LogP contribution in [0.25, 0.3) is 0 Å². The largest absolute Gasteiger partial charge is 0.384 e. The molecule has 2 heterocycles. The quantitative estimate of drug-likeness (QED) is 0.839. The van der Waals surface area contributed by atoms with Gasteiger partial charge in [-0.25, -0.2) is 0 Å². The van der Waals surface area contributed by atoms with Crippen molar-refractivity contribution in [3.05, 3.63) is 0 Å². The minimum Gasteiger partial charge on any atom is -0.384 e. The van der Waals surface area contributed by atoms with Crippen molar-refractivity contribution in [2.45, 2.75) is 45.4 Å². The lowest BCUT2D eigenvalue weighted by molar-refractivity contribution is -0.149. The van der Waals surface area contributed by atoms with Crippen molar-refractivity contribution in [2.75, 3.05) is 39.9 Å². The van der Waals surface area contributed by atoms with Gasteiger partial charge in [0.15, 0.2) is 0 Å². The van der Waals surface area contributed by atoms with Crippen molar-refractivity contribution in [1.82, 2.24) is 10.2 Å². The number of ether oxygens (including phenoxy) is 1. The van der Waals surface area contributed by atoms with Crippen LogP contribution in [0.3, 0.4) is 0 Å². The SMILES string of the molecule is CCCC1CCCN(C(=O)C2(COC)CCNCC2)C1. The lowest BCUT2D eigenvalue weighted by atomic mass is 9.77. The summed E-state index contributed by atoms with van der Waals surface area (Å²) in [6.45, 7) is 6.58. The average Bonchev–Trinajstić information content (AvgIpc) is 2.48. The molecule has 1 amide bonds. The van der Waals surface area contributed by atoms with Gasteiger partial charge < -0.3 is 15.0 Å². The Bertz CT molecular complexity index is 306. The van der Waals surface area contributed by atoms with Gasteiger partial charge in [0.05, 0.1) is 12.0 Å². The fraction of sp³-hybridized carbons (Fsp3) is 0.938. The van der Waals surface area contributed by atoms with Crippen molar-refractivity contribution in [3.63, 3.8) is 0 Å². The van der Waals surface area contributed by atoms with Gasteiger partial charge >= 0.3 is 0 Å². The Balaban J connectivity index is 2.02. The molecule has 2 aliphatic heterocycles. The molecule has 0 aromatic heterocycles. The van der Waals surface area contributed by atoms with E-state index in [9.17, 15) is 4.79 Å². The molecule has 1 N–H and O–H groups in total. The summed E-state index contributed by atoms with van der Waals surface area (Å²) in [6.07, 6.45) is 6.75. The second-order valence-electron chi connectivity index (χ2n) is 6.51. The number of carbonyl (C=O) groups excluding carboxylic acids is 1. The van der Waals surface area contributed by atoms with Gasteiger partial charge in [0, 0.05) is 20.2 Å². The molecule has 2 rings (SSSR count). The molecule has 20 heavy (non-hydrogen) atoms. The highest BCUT2D eigenvalue weighted by Crippen LogP contribution is 2.33. The predicted octanol–water partition coefficient (Wildman–Crippen LogP) is 2.04. The summed E-state index contributed by atoms with van der Waals surface area (Å²) in [5, 5.41) is 3.36. The molecule has 0 radical (unpaired) electrons. The molecule has 4 heteroatoms. The number of likely N-dealkylation sites (tertiary alicyclic amines) is 1. The van der Waals surface area contributed by atoms with E-state index in [1.54, 1.807) is 7.11 Å². The van der Waals surface area contributed by atoms with E-state index < -0.39 is 0 Å². The standard InChI is InChI=1S/C16H30N2O2/c1-3-5-14-6-4-11-18(12-14)15(19)16(13-20-2)7-9-17-10-8-16/h14,17H,3-13H2,1-2H3. The van der Waals surface area contributed by atoms with Crippen molar-refractivity contribution in [1.29, 1.82) is 0 Å². The number of piperidine rings is 2. The number of rotatable bonds is 5. The Hall–Kier alpha value is -0.610. The van der Waals surface area contributed by atoms with Crippen LogP contribution in [0, 0.1) is 11.3 Å². The third-order valence-corrected chi connectivity index (χ3v) is 4.94. The molecule has 2 fully saturated rings. The van der Waals surface area contributed by atoms with Gasteiger partial charge in [-0.15, -0.1) is 0 Å². The zero-order chi connectivity index (χ0) is 14.4. The van der Waals surface area contributed by atoms with Crippen molar-refractivity contribution in [2.24, 2.45) is 11.3 Å². The molecule has 1 unspecified atom stereocenters. The van der Waals surface area contributed by atoms with Crippen LogP contribution >= 0.6 is 0 Å². The lowest BCUT2D eigenvalue weighted by Crippen LogP contribution is -2.53. The van der Waals surface area contributed by atoms with Gasteiger partial charge in [-0.1, -0.05) is 13.3 Å². The highest BCUT2D eigenvalue weighted by atomic mass is 16.5. The van der Waals surface area contributed by atoms with Crippen LogP contribution in [0.4, 0.5) is 0 Å². The second kappa shape index (κ2) is 7.41. The summed E-state index contributed by atoms with van der Waals surface area (Å²) in [5.41, 5.74) is -0.270. The number of methoxy groups -OCH3 is 1. The van der Waals surface area contributed by atoms with Gasteiger partial charge in [0.1, 0.15) is 0 Å². The molecule has 2 aliphatic rings. The second-order valence-corrected chi connectivity index (χ2v) is 6.51. The first-order chi connectivity index (χ1) is 9.72. The molecule has 0 aromatic rings. The third-order valence-electron chi connectivity index (χ3n) is 4.94. The van der Waals surface area contributed by atoms with Crippen molar-refractivity contribution >= 4 is 5.91 Å². The molecular weight excluding hydrogens is 252 g/mol. The predicted molar refractivity (Wildman–Crippen MR) is 80.6 cm³/mol. The maximum atomic E-state index is 13.0. The van der Waals surface area contributed by atoms with Gasteiger partial charge in [-0.05, 0) is 51.1 Å². The summed E-state index contributed by atoms with van der Waals surface area (Å²) in [7, 11) is 1.72. The van der Waals surface area contributed by atoms with E-state index in [0.29, 0.717) is 18.4 Å². The molecule has 1 atom stereocenters. The fourth-order valence-electron chi connectivity index (χ4n) is 3.83. The first kappa shape index (κ1) is 15.8. The summed E-state index contributed by atoms with van der Waals surface area (Å²) >= 11 is 0. The smallest absolute Gasteiger partial charge is 0.231 e.